The van der Waals surface area contributed by atoms with Crippen LogP contribution in [-0.4, -0.2) is 44.8 Å². The van der Waals surface area contributed by atoms with Gasteiger partial charge in [0.25, 0.3) is 5.69 Å². The molecule has 0 radical (unpaired) electrons. The van der Waals surface area contributed by atoms with Gasteiger partial charge < -0.3 is 33.2 Å². The molecule has 7 rings (SSSR count). The number of nitrogens with zero attached hydrogens (tertiary/aromatic N) is 1. The van der Waals surface area contributed by atoms with Gasteiger partial charge in [-0.05, 0) is 52.6 Å². The molecule has 5 aromatic carbocycles. The number of methoxy groups -OCH3 is 3. The average Bonchev–Trinajstić information content (AvgIpc) is 3.59. The van der Waals surface area contributed by atoms with Crippen molar-refractivity contribution in [2.24, 2.45) is 11.8 Å². The van der Waals surface area contributed by atoms with E-state index in [0.29, 0.717) is 45.4 Å². The van der Waals surface area contributed by atoms with Crippen molar-refractivity contribution in [3.8, 4) is 28.7 Å². The number of rotatable bonds is 13. The Morgan fingerprint density at radius 2 is 1.33 bits per heavy atom. The maximum absolute atomic E-state index is 13.8. The van der Waals surface area contributed by atoms with Crippen molar-refractivity contribution < 1.29 is 47.7 Å². The van der Waals surface area contributed by atoms with Crippen LogP contribution in [0.25, 0.3) is 0 Å². The first-order valence-corrected chi connectivity index (χ1v) is 17.2. The predicted molar refractivity (Wildman–Crippen MR) is 195 cm³/mol. The Balaban J connectivity index is 1.40. The maximum atomic E-state index is 13.8. The van der Waals surface area contributed by atoms with Crippen molar-refractivity contribution in [2.75, 3.05) is 27.9 Å². The average molecular weight is 732 g/mol. The molecular formula is C42H37NO11. The van der Waals surface area contributed by atoms with E-state index in [1.54, 1.807) is 18.2 Å². The summed E-state index contributed by atoms with van der Waals surface area (Å²) >= 11 is 0. The smallest absolute Gasteiger partial charge is 0.339 e. The molecule has 12 nitrogen and oxygen atoms in total. The minimum Gasteiger partial charge on any atom is -0.493 e. The summed E-state index contributed by atoms with van der Waals surface area (Å²) < 4.78 is 41.9. The van der Waals surface area contributed by atoms with Gasteiger partial charge in [-0.15, -0.1) is 0 Å². The van der Waals surface area contributed by atoms with Gasteiger partial charge in [-0.1, -0.05) is 66.7 Å². The van der Waals surface area contributed by atoms with Gasteiger partial charge in [0.2, 0.25) is 5.75 Å². The molecule has 1 saturated heterocycles. The van der Waals surface area contributed by atoms with Gasteiger partial charge in [0.05, 0.1) is 44.3 Å². The number of nitro benzene ring substituents is 1. The van der Waals surface area contributed by atoms with Crippen LogP contribution in [0.15, 0.2) is 109 Å². The van der Waals surface area contributed by atoms with Crippen molar-refractivity contribution in [1.29, 1.82) is 0 Å². The van der Waals surface area contributed by atoms with Crippen LogP contribution >= 0.6 is 0 Å². The Hall–Kier alpha value is -6.56. The third kappa shape index (κ3) is 7.10. The van der Waals surface area contributed by atoms with Crippen LogP contribution in [0.2, 0.25) is 0 Å². The second-order valence-electron chi connectivity index (χ2n) is 12.9. The molecule has 0 unspecified atom stereocenters. The van der Waals surface area contributed by atoms with E-state index in [-0.39, 0.29) is 31.1 Å². The molecule has 0 aromatic heterocycles. The van der Waals surface area contributed by atoms with Gasteiger partial charge in [-0.25, -0.2) is 4.79 Å². The fourth-order valence-electron chi connectivity index (χ4n) is 7.19. The molecule has 1 aliphatic carbocycles. The number of fused-ring (bicyclic) bond motifs is 2. The number of hydrogen-bond donors (Lipinski definition) is 0. The molecule has 276 valence electrons. The molecule has 1 heterocycles. The van der Waals surface area contributed by atoms with Crippen molar-refractivity contribution in [2.45, 2.75) is 25.2 Å². The number of cyclic esters (lactones) is 1. The van der Waals surface area contributed by atoms with Gasteiger partial charge >= 0.3 is 11.9 Å². The summed E-state index contributed by atoms with van der Waals surface area (Å²) in [5.41, 5.74) is 3.41. The van der Waals surface area contributed by atoms with Gasteiger partial charge in [0.1, 0.15) is 19.3 Å². The van der Waals surface area contributed by atoms with Crippen molar-refractivity contribution in [3.63, 3.8) is 0 Å². The van der Waals surface area contributed by atoms with Crippen LogP contribution in [0, 0.1) is 22.0 Å². The number of non-ortho nitro benzene ring substituents is 1. The van der Waals surface area contributed by atoms with Gasteiger partial charge in [0.15, 0.2) is 23.0 Å². The lowest BCUT2D eigenvalue weighted by molar-refractivity contribution is -0.384. The van der Waals surface area contributed by atoms with E-state index in [4.69, 9.17) is 33.2 Å². The third-order valence-electron chi connectivity index (χ3n) is 9.74. The van der Waals surface area contributed by atoms with Gasteiger partial charge in [-0.3, -0.25) is 14.9 Å². The summed E-state index contributed by atoms with van der Waals surface area (Å²) in [4.78, 5) is 38.6. The Labute approximate surface area is 311 Å². The number of ether oxygens (including phenoxy) is 7. The molecule has 0 saturated carbocycles. The lowest BCUT2D eigenvalue weighted by atomic mass is 9.66. The summed E-state index contributed by atoms with van der Waals surface area (Å²) in [5, 5.41) is 11.5. The lowest BCUT2D eigenvalue weighted by Crippen LogP contribution is -2.36. The van der Waals surface area contributed by atoms with Crippen molar-refractivity contribution in [1.82, 2.24) is 0 Å². The molecule has 1 fully saturated rings. The van der Waals surface area contributed by atoms with E-state index in [1.807, 2.05) is 66.7 Å². The van der Waals surface area contributed by atoms with Gasteiger partial charge in [0, 0.05) is 29.5 Å². The Kier molecular flexibility index (Phi) is 10.3. The van der Waals surface area contributed by atoms with Crippen LogP contribution in [-0.2, 0) is 27.5 Å². The second kappa shape index (κ2) is 15.6. The monoisotopic (exact) mass is 731 g/mol. The fraction of sp³-hybridized carbons (Fsp3) is 0.238. The summed E-state index contributed by atoms with van der Waals surface area (Å²) in [7, 11) is 4.53. The van der Waals surface area contributed by atoms with E-state index in [0.717, 1.165) is 17.2 Å². The standard InChI is InChI=1S/C42H37NO11/c1-48-35-18-28(19-36(49-2)40(35)50-3)37-30-20-33(51-22-25-11-6-4-7-12-25)34(52-23-26-13-8-5-9-14-26)21-31(30)39(32-24-53-42(45)38(32)37)54-41(44)27-15-10-16-29(17-27)43(46)47/h4-21,32,37-39H,22-24H2,1-3H3/t32-,37+,38-,39-/m0/s1. The van der Waals surface area contributed by atoms with Crippen LogP contribution in [0.5, 0.6) is 28.7 Å². The molecule has 0 amide bonds. The first kappa shape index (κ1) is 35.8. The Morgan fingerprint density at radius 3 is 1.89 bits per heavy atom. The molecule has 2 aliphatic rings. The number of nitro groups is 1. The van der Waals surface area contributed by atoms with E-state index in [1.165, 1.54) is 39.5 Å². The molecule has 4 atom stereocenters. The van der Waals surface area contributed by atoms with Crippen LogP contribution in [0.4, 0.5) is 5.69 Å². The zero-order valence-electron chi connectivity index (χ0n) is 29.8. The third-order valence-corrected chi connectivity index (χ3v) is 9.74. The van der Waals surface area contributed by atoms with Crippen molar-refractivity contribution >= 4 is 17.6 Å². The molecule has 0 bridgehead atoms. The summed E-state index contributed by atoms with van der Waals surface area (Å²) in [6, 6.07) is 31.8. The minimum atomic E-state index is -1.01. The topological polar surface area (TPSA) is 142 Å². The highest BCUT2D eigenvalue weighted by Crippen LogP contribution is 2.56. The predicted octanol–water partition coefficient (Wildman–Crippen LogP) is 7.61. The van der Waals surface area contributed by atoms with Gasteiger partial charge in [-0.2, -0.15) is 0 Å². The molecule has 54 heavy (non-hydrogen) atoms. The van der Waals surface area contributed by atoms with Crippen molar-refractivity contribution in [3.05, 3.63) is 153 Å². The number of hydrogen-bond acceptors (Lipinski definition) is 11. The molecule has 5 aromatic rings. The second-order valence-corrected chi connectivity index (χ2v) is 12.9. The molecule has 0 spiro atoms. The summed E-state index contributed by atoms with van der Waals surface area (Å²) in [5.74, 6) is -1.44. The molecular weight excluding hydrogens is 694 g/mol. The van der Waals surface area contributed by atoms with Crippen LogP contribution < -0.4 is 23.7 Å². The Bertz CT molecular complexity index is 2150. The fourth-order valence-corrected chi connectivity index (χ4v) is 7.19. The van der Waals surface area contributed by atoms with E-state index < -0.39 is 40.7 Å². The number of esters is 2. The van der Waals surface area contributed by atoms with E-state index in [2.05, 4.69) is 0 Å². The minimum absolute atomic E-state index is 0.0114. The van der Waals surface area contributed by atoms with E-state index in [9.17, 15) is 19.7 Å². The summed E-state index contributed by atoms with van der Waals surface area (Å²) in [6.07, 6.45) is -1.01. The normalized spacial score (nSPS) is 18.4. The van der Waals surface area contributed by atoms with Crippen LogP contribution in [0.3, 0.4) is 0 Å². The molecule has 1 aliphatic heterocycles. The summed E-state index contributed by atoms with van der Waals surface area (Å²) in [6.45, 7) is 0.391. The molecule has 12 heteroatoms. The highest BCUT2D eigenvalue weighted by Gasteiger charge is 2.54. The zero-order valence-corrected chi connectivity index (χ0v) is 29.8. The van der Waals surface area contributed by atoms with Crippen LogP contribution in [0.1, 0.15) is 50.2 Å². The quantitative estimate of drug-likeness (QED) is 0.0671. The number of carbonyl (C=O) groups excluding carboxylic acids is 2. The Morgan fingerprint density at radius 1 is 0.741 bits per heavy atom. The SMILES string of the molecule is COc1cc([C@@H]2c3cc(OCc4ccccc4)c(OCc4ccccc4)cc3[C@H](OC(=O)c3cccc([N+](=O)[O-])c3)[C@H]3COC(=O)[C@H]23)cc(OC)c1OC. The highest BCUT2D eigenvalue weighted by atomic mass is 16.6. The number of benzene rings is 5. The van der Waals surface area contributed by atoms with E-state index >= 15 is 0 Å². The maximum Gasteiger partial charge on any atom is 0.339 e. The first-order valence-electron chi connectivity index (χ1n) is 17.2. The largest absolute Gasteiger partial charge is 0.493 e. The first-order chi connectivity index (χ1) is 26.3. The highest BCUT2D eigenvalue weighted by molar-refractivity contribution is 5.90. The lowest BCUT2D eigenvalue weighted by Gasteiger charge is -2.39. The number of carbonyl (C=O) groups is 2. The zero-order chi connectivity index (χ0) is 37.8. The molecule has 0 N–H and O–H groups in total.